The number of carbonyl (C=O) groups excluding carboxylic acids is 2. The molecule has 0 bridgehead atoms. The number of nitrogens with one attached hydrogen (secondary N) is 1. The van der Waals surface area contributed by atoms with E-state index in [2.05, 4.69) is 23.2 Å². The summed E-state index contributed by atoms with van der Waals surface area (Å²) >= 11 is 1.35. The number of anilines is 1. The zero-order valence-corrected chi connectivity index (χ0v) is 18.5. The number of carbonyl (C=O) groups is 2. The third kappa shape index (κ3) is 5.83. The van der Waals surface area contributed by atoms with Crippen molar-refractivity contribution in [2.45, 2.75) is 39.7 Å². The number of hydrogen-bond acceptors (Lipinski definition) is 4. The molecule has 0 spiro atoms. The summed E-state index contributed by atoms with van der Waals surface area (Å²) in [6.07, 6.45) is 8.82. The Bertz CT molecular complexity index is 1180. The lowest BCUT2D eigenvalue weighted by atomic mass is 10.2. The molecular formula is C24H25N3O3S. The molecule has 0 atom stereocenters. The van der Waals surface area contributed by atoms with E-state index in [1.54, 1.807) is 30.3 Å². The van der Waals surface area contributed by atoms with Gasteiger partial charge < -0.3 is 14.6 Å². The summed E-state index contributed by atoms with van der Waals surface area (Å²) in [6.45, 7) is 4.56. The van der Waals surface area contributed by atoms with Crippen molar-refractivity contribution in [2.24, 2.45) is 4.99 Å². The van der Waals surface area contributed by atoms with Crippen LogP contribution in [0.2, 0.25) is 0 Å². The lowest BCUT2D eigenvalue weighted by Crippen LogP contribution is -2.16. The first-order valence-electron chi connectivity index (χ1n) is 10.2. The van der Waals surface area contributed by atoms with Gasteiger partial charge in [0.1, 0.15) is 5.75 Å². The Kier molecular flexibility index (Phi) is 7.63. The van der Waals surface area contributed by atoms with Crippen molar-refractivity contribution in [3.63, 3.8) is 0 Å². The molecule has 2 aromatic carbocycles. The molecule has 7 heteroatoms. The van der Waals surface area contributed by atoms with Gasteiger partial charge in [0.2, 0.25) is 5.91 Å². The van der Waals surface area contributed by atoms with Crippen LogP contribution in [0.15, 0.2) is 47.5 Å². The number of terminal acetylenes is 1. The number of rotatable bonds is 8. The molecule has 1 heterocycles. The molecule has 0 fully saturated rings. The van der Waals surface area contributed by atoms with Gasteiger partial charge in [0.05, 0.1) is 23.4 Å². The van der Waals surface area contributed by atoms with Crippen LogP contribution in [0, 0.1) is 12.3 Å². The smallest absolute Gasteiger partial charge is 0.279 e. The average Bonchev–Trinajstić information content (AvgIpc) is 3.07. The number of nitrogens with zero attached hydrogens (tertiary/aromatic N) is 2. The van der Waals surface area contributed by atoms with Gasteiger partial charge in [-0.2, -0.15) is 4.99 Å². The third-order valence-electron chi connectivity index (χ3n) is 4.57. The molecule has 1 aromatic heterocycles. The molecule has 160 valence electrons. The number of unbranched alkanes of at least 4 members (excludes halogenated alkanes) is 2. The van der Waals surface area contributed by atoms with Gasteiger partial charge >= 0.3 is 0 Å². The SMILES string of the molecule is C#CCn1c(=NC(=O)c2ccc(OCCCCC)cc2)sc2cc(NC(C)=O)ccc21. The van der Waals surface area contributed by atoms with Gasteiger partial charge in [-0.05, 0) is 48.9 Å². The Hall–Kier alpha value is -3.37. The van der Waals surface area contributed by atoms with Gasteiger partial charge in [0.15, 0.2) is 4.80 Å². The Morgan fingerprint density at radius 3 is 2.65 bits per heavy atom. The predicted molar refractivity (Wildman–Crippen MR) is 124 cm³/mol. The average molecular weight is 436 g/mol. The number of ether oxygens (including phenoxy) is 1. The summed E-state index contributed by atoms with van der Waals surface area (Å²) in [7, 11) is 0. The third-order valence-corrected chi connectivity index (χ3v) is 5.61. The van der Waals surface area contributed by atoms with Crippen LogP contribution in [-0.2, 0) is 11.3 Å². The molecule has 0 aliphatic rings. The maximum atomic E-state index is 12.7. The second-order valence-electron chi connectivity index (χ2n) is 7.04. The van der Waals surface area contributed by atoms with Gasteiger partial charge in [-0.25, -0.2) is 0 Å². The molecule has 3 rings (SSSR count). The van der Waals surface area contributed by atoms with Crippen LogP contribution in [0.1, 0.15) is 43.5 Å². The van der Waals surface area contributed by atoms with Crippen molar-refractivity contribution in [3.8, 4) is 18.1 Å². The first-order chi connectivity index (χ1) is 15.0. The predicted octanol–water partition coefficient (Wildman–Crippen LogP) is 4.60. The van der Waals surface area contributed by atoms with Crippen LogP contribution in [0.3, 0.4) is 0 Å². The molecule has 31 heavy (non-hydrogen) atoms. The van der Waals surface area contributed by atoms with Gasteiger partial charge in [0.25, 0.3) is 5.91 Å². The standard InChI is InChI=1S/C24H25N3O3S/c1-4-6-7-15-30-20-11-8-18(9-12-20)23(29)26-24-27(14-5-2)21-13-10-19(25-17(3)28)16-22(21)31-24/h2,8-13,16H,4,6-7,14-15H2,1,3H3,(H,25,28). The highest BCUT2D eigenvalue weighted by molar-refractivity contribution is 7.16. The van der Waals surface area contributed by atoms with Crippen molar-refractivity contribution < 1.29 is 14.3 Å². The summed E-state index contributed by atoms with van der Waals surface area (Å²) in [4.78, 5) is 28.9. The van der Waals surface area contributed by atoms with E-state index in [-0.39, 0.29) is 18.4 Å². The Morgan fingerprint density at radius 1 is 1.19 bits per heavy atom. The first-order valence-corrected chi connectivity index (χ1v) is 11.0. The zero-order chi connectivity index (χ0) is 22.2. The van der Waals surface area contributed by atoms with E-state index >= 15 is 0 Å². The summed E-state index contributed by atoms with van der Waals surface area (Å²) in [5.41, 5.74) is 2.02. The van der Waals surface area contributed by atoms with Crippen LogP contribution >= 0.6 is 11.3 Å². The highest BCUT2D eigenvalue weighted by atomic mass is 32.1. The lowest BCUT2D eigenvalue weighted by molar-refractivity contribution is -0.114. The number of thiazole rings is 1. The normalized spacial score (nSPS) is 11.3. The number of amides is 2. The minimum Gasteiger partial charge on any atom is -0.494 e. The topological polar surface area (TPSA) is 72.7 Å². The Balaban J connectivity index is 1.86. The van der Waals surface area contributed by atoms with E-state index in [4.69, 9.17) is 11.2 Å². The van der Waals surface area contributed by atoms with Crippen molar-refractivity contribution in [1.82, 2.24) is 4.57 Å². The monoisotopic (exact) mass is 435 g/mol. The highest BCUT2D eigenvalue weighted by Gasteiger charge is 2.10. The second-order valence-corrected chi connectivity index (χ2v) is 8.04. The maximum Gasteiger partial charge on any atom is 0.279 e. The molecular weight excluding hydrogens is 410 g/mol. The summed E-state index contributed by atoms with van der Waals surface area (Å²) in [5, 5.41) is 2.76. The number of aromatic nitrogens is 1. The number of fused-ring (bicyclic) bond motifs is 1. The van der Waals surface area contributed by atoms with Crippen LogP contribution in [0.25, 0.3) is 10.2 Å². The summed E-state index contributed by atoms with van der Waals surface area (Å²) < 4.78 is 8.39. The minimum absolute atomic E-state index is 0.148. The maximum absolute atomic E-state index is 12.7. The van der Waals surface area contributed by atoms with Crippen molar-refractivity contribution in [3.05, 3.63) is 52.8 Å². The van der Waals surface area contributed by atoms with Gasteiger partial charge in [0, 0.05) is 18.2 Å². The zero-order valence-electron chi connectivity index (χ0n) is 17.7. The fourth-order valence-electron chi connectivity index (χ4n) is 3.07. The molecule has 0 unspecified atom stereocenters. The van der Waals surface area contributed by atoms with Crippen LogP contribution in [0.4, 0.5) is 5.69 Å². The van der Waals surface area contributed by atoms with Gasteiger partial charge in [-0.3, -0.25) is 9.59 Å². The van der Waals surface area contributed by atoms with Crippen LogP contribution in [0.5, 0.6) is 5.75 Å². The fraction of sp³-hybridized carbons (Fsp3) is 0.292. The van der Waals surface area contributed by atoms with E-state index in [9.17, 15) is 9.59 Å². The Labute approximate surface area is 185 Å². The van der Waals surface area contributed by atoms with Gasteiger partial charge in [-0.15, -0.1) is 6.42 Å². The van der Waals surface area contributed by atoms with E-state index in [1.807, 2.05) is 16.7 Å². The fourth-order valence-corrected chi connectivity index (χ4v) is 4.14. The van der Waals surface area contributed by atoms with E-state index in [0.717, 1.165) is 35.2 Å². The largest absolute Gasteiger partial charge is 0.494 e. The highest BCUT2D eigenvalue weighted by Crippen LogP contribution is 2.22. The molecule has 0 aliphatic heterocycles. The molecule has 0 saturated carbocycles. The van der Waals surface area contributed by atoms with Crippen molar-refractivity contribution >= 4 is 39.1 Å². The van der Waals surface area contributed by atoms with Crippen molar-refractivity contribution in [2.75, 3.05) is 11.9 Å². The Morgan fingerprint density at radius 2 is 1.97 bits per heavy atom. The van der Waals surface area contributed by atoms with E-state index in [1.165, 1.54) is 18.3 Å². The van der Waals surface area contributed by atoms with Crippen LogP contribution < -0.4 is 14.9 Å². The van der Waals surface area contributed by atoms with Crippen LogP contribution in [-0.4, -0.2) is 23.0 Å². The quantitative estimate of drug-likeness (QED) is 0.415. The molecule has 0 aliphatic carbocycles. The van der Waals surface area contributed by atoms with Gasteiger partial charge in [-0.1, -0.05) is 37.0 Å². The van der Waals surface area contributed by atoms with E-state index in [0.29, 0.717) is 22.7 Å². The molecule has 6 nitrogen and oxygen atoms in total. The minimum atomic E-state index is -0.350. The molecule has 1 N–H and O–H groups in total. The van der Waals surface area contributed by atoms with E-state index < -0.39 is 0 Å². The molecule has 0 radical (unpaired) electrons. The number of benzene rings is 2. The summed E-state index contributed by atoms with van der Waals surface area (Å²) in [6, 6.07) is 12.5. The molecule has 3 aromatic rings. The number of hydrogen-bond donors (Lipinski definition) is 1. The molecule has 0 saturated heterocycles. The molecule has 2 amide bonds. The van der Waals surface area contributed by atoms with Crippen molar-refractivity contribution in [1.29, 1.82) is 0 Å². The summed E-state index contributed by atoms with van der Waals surface area (Å²) in [5.74, 6) is 2.85. The lowest BCUT2D eigenvalue weighted by Gasteiger charge is -2.05. The second kappa shape index (κ2) is 10.6. The first kappa shape index (κ1) is 22.3.